The van der Waals surface area contributed by atoms with Crippen molar-refractivity contribution in [2.75, 3.05) is 5.32 Å². The molecule has 3 aromatic heterocycles. The second kappa shape index (κ2) is 10.4. The summed E-state index contributed by atoms with van der Waals surface area (Å²) in [4.78, 5) is 25.5. The number of nitrogens with zero attached hydrogens (tertiary/aromatic N) is 4. The molecule has 2 aromatic carbocycles. The van der Waals surface area contributed by atoms with Crippen molar-refractivity contribution in [1.82, 2.24) is 19.5 Å². The normalized spacial score (nSPS) is 10.9. The number of carbonyl (C=O) groups is 1. The Morgan fingerprint density at radius 1 is 0.972 bits per heavy atom. The van der Waals surface area contributed by atoms with Gasteiger partial charge in [-0.05, 0) is 73.0 Å². The summed E-state index contributed by atoms with van der Waals surface area (Å²) < 4.78 is 21.1. The van der Waals surface area contributed by atoms with Gasteiger partial charge in [-0.15, -0.1) is 0 Å². The Hall–Kier alpha value is -4.59. The monoisotopic (exact) mass is 481 g/mol. The molecule has 0 radical (unpaired) electrons. The smallest absolute Gasteiger partial charge is 0.208 e. The number of ketones is 1. The van der Waals surface area contributed by atoms with E-state index in [2.05, 4.69) is 20.3 Å². The minimum Gasteiger partial charge on any atom is -0.457 e. The average molecular weight is 482 g/mol. The molecule has 0 saturated carbocycles. The predicted octanol–water partition coefficient (Wildman–Crippen LogP) is 6.24. The molecule has 5 aromatic rings. The van der Waals surface area contributed by atoms with Gasteiger partial charge in [0.2, 0.25) is 5.95 Å². The third-order valence-corrected chi connectivity index (χ3v) is 5.82. The van der Waals surface area contributed by atoms with E-state index < -0.39 is 0 Å². The number of hydrogen-bond acceptors (Lipinski definition) is 6. The van der Waals surface area contributed by atoms with E-state index in [0.717, 1.165) is 35.1 Å². The molecule has 0 saturated heterocycles. The van der Waals surface area contributed by atoms with Gasteiger partial charge in [0.05, 0.1) is 11.0 Å². The Morgan fingerprint density at radius 3 is 2.56 bits per heavy atom. The van der Waals surface area contributed by atoms with E-state index in [0.29, 0.717) is 29.6 Å². The SMILES string of the molecule is Cn1c(Nc2ccc(F)cc2)nc2cc(Oc3ccnc(C(=O)CCCc4ccncc4)c3)ccc21. The number of pyridine rings is 2. The van der Waals surface area contributed by atoms with Crippen molar-refractivity contribution in [3.63, 3.8) is 0 Å². The molecular weight excluding hydrogens is 457 g/mol. The number of fused-ring (bicyclic) bond motifs is 1. The number of Topliss-reactive ketones (excluding diaryl/α,β-unsaturated/α-hetero) is 1. The average Bonchev–Trinajstić information content (AvgIpc) is 3.20. The molecule has 0 amide bonds. The number of aromatic nitrogens is 4. The fraction of sp³-hybridized carbons (Fsp3) is 0.143. The highest BCUT2D eigenvalue weighted by Gasteiger charge is 2.12. The van der Waals surface area contributed by atoms with Crippen LogP contribution >= 0.6 is 0 Å². The van der Waals surface area contributed by atoms with Crippen LogP contribution in [0.4, 0.5) is 16.0 Å². The summed E-state index contributed by atoms with van der Waals surface area (Å²) in [5, 5.41) is 3.20. The lowest BCUT2D eigenvalue weighted by molar-refractivity contribution is 0.0975. The van der Waals surface area contributed by atoms with Crippen molar-refractivity contribution in [2.24, 2.45) is 7.05 Å². The van der Waals surface area contributed by atoms with Gasteiger partial charge in [-0.2, -0.15) is 0 Å². The molecule has 0 aliphatic carbocycles. The third-order valence-electron chi connectivity index (χ3n) is 5.82. The van der Waals surface area contributed by atoms with Crippen LogP contribution in [-0.4, -0.2) is 25.3 Å². The first-order valence-electron chi connectivity index (χ1n) is 11.6. The summed E-state index contributed by atoms with van der Waals surface area (Å²) in [7, 11) is 1.90. The molecule has 0 unspecified atom stereocenters. The first-order chi connectivity index (χ1) is 17.5. The number of nitrogens with one attached hydrogen (secondary N) is 1. The summed E-state index contributed by atoms with van der Waals surface area (Å²) in [6.45, 7) is 0. The molecule has 0 bridgehead atoms. The Balaban J connectivity index is 1.26. The molecule has 36 heavy (non-hydrogen) atoms. The van der Waals surface area contributed by atoms with Crippen molar-refractivity contribution in [2.45, 2.75) is 19.3 Å². The molecule has 3 heterocycles. The minimum absolute atomic E-state index is 0.0220. The number of imidazole rings is 1. The predicted molar refractivity (Wildman–Crippen MR) is 136 cm³/mol. The van der Waals surface area contributed by atoms with E-state index in [1.54, 1.807) is 42.9 Å². The van der Waals surface area contributed by atoms with E-state index in [-0.39, 0.29) is 11.6 Å². The molecule has 180 valence electrons. The van der Waals surface area contributed by atoms with Gasteiger partial charge in [0, 0.05) is 49.9 Å². The maximum atomic E-state index is 13.2. The third kappa shape index (κ3) is 5.38. The highest BCUT2D eigenvalue weighted by Crippen LogP contribution is 2.28. The van der Waals surface area contributed by atoms with Gasteiger partial charge in [0.15, 0.2) is 5.78 Å². The van der Waals surface area contributed by atoms with E-state index in [9.17, 15) is 9.18 Å². The summed E-state index contributed by atoms with van der Waals surface area (Å²) in [6, 6.07) is 19.0. The summed E-state index contributed by atoms with van der Waals surface area (Å²) in [6.07, 6.45) is 7.04. The zero-order valence-electron chi connectivity index (χ0n) is 19.7. The Kier molecular flexibility index (Phi) is 6.66. The lowest BCUT2D eigenvalue weighted by atomic mass is 10.1. The van der Waals surface area contributed by atoms with Crippen LogP contribution in [0.15, 0.2) is 85.3 Å². The highest BCUT2D eigenvalue weighted by atomic mass is 19.1. The van der Waals surface area contributed by atoms with Crippen molar-refractivity contribution in [3.05, 3.63) is 102 Å². The maximum Gasteiger partial charge on any atom is 0.208 e. The zero-order valence-corrected chi connectivity index (χ0v) is 19.7. The van der Waals surface area contributed by atoms with Crippen LogP contribution in [0, 0.1) is 5.82 Å². The van der Waals surface area contributed by atoms with Crippen LogP contribution in [0.5, 0.6) is 11.5 Å². The Bertz CT molecular complexity index is 1500. The van der Waals surface area contributed by atoms with Crippen molar-refractivity contribution < 1.29 is 13.9 Å². The number of halogens is 1. The second-order valence-electron chi connectivity index (χ2n) is 8.39. The molecule has 0 spiro atoms. The summed E-state index contributed by atoms with van der Waals surface area (Å²) in [5.74, 6) is 1.43. The number of ether oxygens (including phenoxy) is 1. The van der Waals surface area contributed by atoms with Gasteiger partial charge < -0.3 is 14.6 Å². The topological polar surface area (TPSA) is 81.9 Å². The van der Waals surface area contributed by atoms with Gasteiger partial charge in [-0.1, -0.05) is 0 Å². The van der Waals surface area contributed by atoms with Crippen LogP contribution in [0.1, 0.15) is 28.9 Å². The van der Waals surface area contributed by atoms with Gasteiger partial charge in [-0.25, -0.2) is 9.37 Å². The largest absolute Gasteiger partial charge is 0.457 e. The van der Waals surface area contributed by atoms with Gasteiger partial charge in [0.1, 0.15) is 23.0 Å². The van der Waals surface area contributed by atoms with Gasteiger partial charge in [-0.3, -0.25) is 14.8 Å². The lowest BCUT2D eigenvalue weighted by Crippen LogP contribution is -2.03. The Morgan fingerprint density at radius 2 is 1.75 bits per heavy atom. The highest BCUT2D eigenvalue weighted by molar-refractivity contribution is 5.94. The quantitative estimate of drug-likeness (QED) is 0.251. The van der Waals surface area contributed by atoms with Crippen molar-refractivity contribution in [1.29, 1.82) is 0 Å². The number of anilines is 2. The number of carbonyl (C=O) groups excluding carboxylic acids is 1. The summed E-state index contributed by atoms with van der Waals surface area (Å²) in [5.41, 5.74) is 3.92. The van der Waals surface area contributed by atoms with Crippen molar-refractivity contribution >= 4 is 28.5 Å². The van der Waals surface area contributed by atoms with E-state index >= 15 is 0 Å². The lowest BCUT2D eigenvalue weighted by Gasteiger charge is -2.07. The van der Waals surface area contributed by atoms with Crippen LogP contribution in [0.2, 0.25) is 0 Å². The van der Waals surface area contributed by atoms with E-state index in [1.807, 2.05) is 41.9 Å². The molecule has 0 aliphatic rings. The first-order valence-corrected chi connectivity index (χ1v) is 11.6. The molecule has 0 aliphatic heterocycles. The molecule has 0 fully saturated rings. The number of aryl methyl sites for hydroxylation is 2. The number of rotatable bonds is 9. The van der Waals surface area contributed by atoms with Crippen molar-refractivity contribution in [3.8, 4) is 11.5 Å². The fourth-order valence-corrected chi connectivity index (χ4v) is 3.91. The van der Waals surface area contributed by atoms with E-state index in [4.69, 9.17) is 4.74 Å². The standard InChI is InChI=1S/C28H24FN5O2/c1-34-26-10-9-22(17-24(26)33-28(34)32-21-7-5-20(29)6-8-21)36-23-13-16-31-25(18-23)27(35)4-2-3-19-11-14-30-15-12-19/h5-18H,2-4H2,1H3,(H,32,33). The van der Waals surface area contributed by atoms with Crippen LogP contribution in [0.3, 0.4) is 0 Å². The molecule has 1 N–H and O–H groups in total. The van der Waals surface area contributed by atoms with Gasteiger partial charge in [0.25, 0.3) is 0 Å². The first kappa shape index (κ1) is 23.2. The molecule has 8 heteroatoms. The molecular formula is C28H24FN5O2. The zero-order chi connectivity index (χ0) is 24.9. The van der Waals surface area contributed by atoms with Gasteiger partial charge >= 0.3 is 0 Å². The fourth-order valence-electron chi connectivity index (χ4n) is 3.91. The van der Waals surface area contributed by atoms with Crippen LogP contribution < -0.4 is 10.1 Å². The van der Waals surface area contributed by atoms with E-state index in [1.165, 1.54) is 12.1 Å². The Labute approximate surface area is 207 Å². The summed E-state index contributed by atoms with van der Waals surface area (Å²) >= 11 is 0. The van der Waals surface area contributed by atoms with Crippen LogP contribution in [0.25, 0.3) is 11.0 Å². The number of benzene rings is 2. The molecule has 5 rings (SSSR count). The second-order valence-corrected chi connectivity index (χ2v) is 8.39. The minimum atomic E-state index is -0.293. The molecule has 0 atom stereocenters. The molecule has 7 nitrogen and oxygen atoms in total. The van der Waals surface area contributed by atoms with Crippen LogP contribution in [-0.2, 0) is 13.5 Å². The number of hydrogen-bond donors (Lipinski definition) is 1. The maximum absolute atomic E-state index is 13.2.